The molecule has 0 heterocycles. The third-order valence-corrected chi connectivity index (χ3v) is 4.58. The topological polar surface area (TPSA) is 34.1 Å². The Bertz CT molecular complexity index is 940. The van der Waals surface area contributed by atoms with E-state index in [0.29, 0.717) is 16.7 Å². The number of aryl methyl sites for hydroxylation is 1. The fourth-order valence-electron chi connectivity index (χ4n) is 3.61. The van der Waals surface area contributed by atoms with Crippen LogP contribution < -0.4 is 10.9 Å². The van der Waals surface area contributed by atoms with Crippen molar-refractivity contribution < 1.29 is 0 Å². The normalized spacial score (nSPS) is 17.2. The van der Waals surface area contributed by atoms with Gasteiger partial charge in [0.2, 0.25) is 10.9 Å². The average Bonchev–Trinajstić information content (AvgIpc) is 2.46. The Kier molecular flexibility index (Phi) is 2.12. The minimum Gasteiger partial charge on any atom is -0.285 e. The van der Waals surface area contributed by atoms with Crippen LogP contribution in [-0.4, -0.2) is 0 Å². The van der Waals surface area contributed by atoms with Crippen molar-refractivity contribution in [1.82, 2.24) is 0 Å². The van der Waals surface area contributed by atoms with E-state index in [4.69, 9.17) is 0 Å². The molecule has 0 bridgehead atoms. The van der Waals surface area contributed by atoms with Gasteiger partial charge < -0.3 is 0 Å². The first kappa shape index (κ1) is 11.6. The minimum absolute atomic E-state index is 0.300. The molecule has 1 atom stereocenters. The number of rotatable bonds is 0. The molecule has 1 unspecified atom stereocenters. The summed E-state index contributed by atoms with van der Waals surface area (Å²) in [6.07, 6.45) is 0.841. The van der Waals surface area contributed by atoms with Gasteiger partial charge in [0.25, 0.3) is 0 Å². The van der Waals surface area contributed by atoms with Gasteiger partial charge in [0.05, 0.1) is 0 Å². The third kappa shape index (κ3) is 1.24. The predicted molar refractivity (Wildman–Crippen MR) is 81.2 cm³/mol. The van der Waals surface area contributed by atoms with E-state index in [1.54, 1.807) is 0 Å². The maximum Gasteiger partial charge on any atom is 0.234 e. The molecule has 0 amide bonds. The molecule has 2 heteroatoms. The number of benzene rings is 2. The summed E-state index contributed by atoms with van der Waals surface area (Å²) in [4.78, 5) is 23.7. The molecule has 1 aliphatic rings. The zero-order valence-electron chi connectivity index (χ0n) is 11.5. The van der Waals surface area contributed by atoms with E-state index >= 15 is 0 Å². The molecule has 0 N–H and O–H groups in total. The van der Waals surface area contributed by atoms with E-state index in [9.17, 15) is 9.59 Å². The van der Waals surface area contributed by atoms with Crippen molar-refractivity contribution in [3.8, 4) is 11.1 Å². The van der Waals surface area contributed by atoms with Crippen molar-refractivity contribution in [3.05, 3.63) is 67.5 Å². The summed E-state index contributed by atoms with van der Waals surface area (Å²) >= 11 is 0. The second-order valence-electron chi connectivity index (χ2n) is 5.82. The van der Waals surface area contributed by atoms with Crippen LogP contribution in [0, 0.1) is 6.92 Å². The molecule has 0 radical (unpaired) electrons. The lowest BCUT2D eigenvalue weighted by Crippen LogP contribution is -2.33. The molecule has 20 heavy (non-hydrogen) atoms. The summed E-state index contributed by atoms with van der Waals surface area (Å²) in [5.41, 5.74) is 5.06. The highest BCUT2D eigenvalue weighted by Gasteiger charge is 2.28. The van der Waals surface area contributed by atoms with Crippen molar-refractivity contribution in [3.63, 3.8) is 0 Å². The zero-order valence-corrected chi connectivity index (χ0v) is 11.5. The Balaban J connectivity index is 2.17. The fraction of sp³-hybridized carbons (Fsp3) is 0.222. The van der Waals surface area contributed by atoms with Gasteiger partial charge in [-0.2, -0.15) is 0 Å². The lowest BCUT2D eigenvalue weighted by atomic mass is 9.76. The van der Waals surface area contributed by atoms with Crippen LogP contribution in [0.3, 0.4) is 0 Å². The number of hydrogen-bond donors (Lipinski definition) is 0. The summed E-state index contributed by atoms with van der Waals surface area (Å²) in [5.74, 6) is 0.383. The first-order valence-electron chi connectivity index (χ1n) is 6.94. The van der Waals surface area contributed by atoms with Gasteiger partial charge in [0, 0.05) is 10.8 Å². The van der Waals surface area contributed by atoms with Crippen molar-refractivity contribution in [2.45, 2.75) is 26.2 Å². The van der Waals surface area contributed by atoms with Crippen LogP contribution in [0.5, 0.6) is 0 Å². The second kappa shape index (κ2) is 3.66. The van der Waals surface area contributed by atoms with Gasteiger partial charge in [-0.1, -0.05) is 37.3 Å². The molecule has 4 rings (SSSR count). The lowest BCUT2D eigenvalue weighted by molar-refractivity contribution is 0.753. The van der Waals surface area contributed by atoms with Crippen LogP contribution in [0.4, 0.5) is 0 Å². The van der Waals surface area contributed by atoms with Gasteiger partial charge in [-0.25, -0.2) is 0 Å². The maximum atomic E-state index is 11.9. The van der Waals surface area contributed by atoms with Crippen LogP contribution in [0.1, 0.15) is 29.5 Å². The van der Waals surface area contributed by atoms with E-state index in [-0.39, 0.29) is 10.9 Å². The van der Waals surface area contributed by atoms with Gasteiger partial charge in [-0.15, -0.1) is 0 Å². The minimum atomic E-state index is -0.313. The molecule has 3 aromatic rings. The molecule has 0 spiro atoms. The Morgan fingerprint density at radius 2 is 1.70 bits per heavy atom. The molecule has 98 valence electrons. The van der Waals surface area contributed by atoms with Gasteiger partial charge in [-0.05, 0) is 47.1 Å². The summed E-state index contributed by atoms with van der Waals surface area (Å²) in [7, 11) is 0. The van der Waals surface area contributed by atoms with Crippen LogP contribution in [0.2, 0.25) is 0 Å². The van der Waals surface area contributed by atoms with Crippen LogP contribution in [0.25, 0.3) is 21.9 Å². The second-order valence-corrected chi connectivity index (χ2v) is 5.82. The van der Waals surface area contributed by atoms with E-state index in [2.05, 4.69) is 31.2 Å². The van der Waals surface area contributed by atoms with Crippen molar-refractivity contribution in [2.24, 2.45) is 0 Å². The Morgan fingerprint density at radius 1 is 1.00 bits per heavy atom. The zero-order chi connectivity index (χ0) is 14.0. The molecule has 0 saturated heterocycles. The Labute approximate surface area is 116 Å². The van der Waals surface area contributed by atoms with E-state index in [1.807, 2.05) is 13.0 Å². The highest BCUT2D eigenvalue weighted by Crippen LogP contribution is 2.42. The van der Waals surface area contributed by atoms with Crippen molar-refractivity contribution >= 4 is 10.8 Å². The van der Waals surface area contributed by atoms with Gasteiger partial charge in [0.15, 0.2) is 0 Å². The largest absolute Gasteiger partial charge is 0.285 e. The monoisotopic (exact) mass is 262 g/mol. The molecule has 2 nitrogen and oxygen atoms in total. The summed E-state index contributed by atoms with van der Waals surface area (Å²) in [5, 5.41) is 1.34. The van der Waals surface area contributed by atoms with Gasteiger partial charge >= 0.3 is 0 Å². The van der Waals surface area contributed by atoms with Gasteiger partial charge in [-0.3, -0.25) is 9.59 Å². The first-order chi connectivity index (χ1) is 9.59. The summed E-state index contributed by atoms with van der Waals surface area (Å²) in [6.45, 7) is 4.10. The van der Waals surface area contributed by atoms with E-state index in [1.165, 1.54) is 11.1 Å². The molecule has 1 aliphatic carbocycles. The maximum absolute atomic E-state index is 11.9. The molecule has 0 aliphatic heterocycles. The summed E-state index contributed by atoms with van der Waals surface area (Å²) < 4.78 is 0. The SMILES string of the molecule is Cc1cc2c(c3c(=O)c(=O)c13)CC(C)c1ccccc1-2. The van der Waals surface area contributed by atoms with E-state index in [0.717, 1.165) is 23.1 Å². The molecular weight excluding hydrogens is 248 g/mol. The highest BCUT2D eigenvalue weighted by atomic mass is 16.2. The van der Waals surface area contributed by atoms with Crippen molar-refractivity contribution in [1.29, 1.82) is 0 Å². The molecule has 3 aromatic carbocycles. The van der Waals surface area contributed by atoms with Crippen LogP contribution in [-0.2, 0) is 6.42 Å². The fourth-order valence-corrected chi connectivity index (χ4v) is 3.61. The van der Waals surface area contributed by atoms with Gasteiger partial charge in [0.1, 0.15) is 0 Å². The molecule has 0 fully saturated rings. The number of fused-ring (bicyclic) bond motifs is 5. The quantitative estimate of drug-likeness (QED) is 0.583. The molecule has 0 aromatic heterocycles. The third-order valence-electron chi connectivity index (χ3n) is 4.58. The standard InChI is InChI=1S/C18H14O2/c1-9-7-14-13(12-6-4-3-5-11(9)12)8-10(2)15-16(14)18(20)17(15)19/h3-6,8-9H,7H2,1-2H3. The first-order valence-corrected chi connectivity index (χ1v) is 6.94. The molecular formula is C18H14O2. The van der Waals surface area contributed by atoms with Crippen LogP contribution in [0.15, 0.2) is 39.9 Å². The summed E-state index contributed by atoms with van der Waals surface area (Å²) in [6, 6.07) is 10.4. The predicted octanol–water partition coefficient (Wildman–Crippen LogP) is 3.07. The lowest BCUT2D eigenvalue weighted by Gasteiger charge is -2.27. The number of hydrogen-bond acceptors (Lipinski definition) is 2. The van der Waals surface area contributed by atoms with E-state index < -0.39 is 0 Å². The average molecular weight is 262 g/mol. The van der Waals surface area contributed by atoms with Crippen LogP contribution >= 0.6 is 0 Å². The Morgan fingerprint density at radius 3 is 2.50 bits per heavy atom. The van der Waals surface area contributed by atoms with Crippen molar-refractivity contribution in [2.75, 3.05) is 0 Å². The smallest absolute Gasteiger partial charge is 0.234 e. The highest BCUT2D eigenvalue weighted by molar-refractivity contribution is 5.99. The Hall–Kier alpha value is -2.22. The molecule has 0 saturated carbocycles.